The van der Waals surface area contributed by atoms with Gasteiger partial charge in [0.2, 0.25) is 0 Å². The van der Waals surface area contributed by atoms with Gasteiger partial charge in [0.15, 0.2) is 0 Å². The smallest absolute Gasteiger partial charge is 0.285 e. The Morgan fingerprint density at radius 2 is 1.88 bits per heavy atom. The zero-order chi connectivity index (χ0) is 17.3. The molecule has 4 nitrogen and oxygen atoms in total. The average molecular weight is 379 g/mol. The zero-order valence-corrected chi connectivity index (χ0v) is 15.5. The first-order valence-electron chi connectivity index (χ1n) is 7.14. The molecular weight excluding hydrogens is 364 g/mol. The van der Waals surface area contributed by atoms with E-state index in [1.807, 2.05) is 30.5 Å². The number of halogens is 1. The number of anilines is 1. The topological polar surface area (TPSA) is 58.5 Å². The molecule has 1 aliphatic heterocycles. The minimum Gasteiger partial charge on any atom is -0.339 e. The molecule has 0 amide bonds. The molecule has 0 radical (unpaired) electrons. The second kappa shape index (κ2) is 6.63. The quantitative estimate of drug-likeness (QED) is 0.790. The molecule has 0 saturated carbocycles. The van der Waals surface area contributed by atoms with Crippen molar-refractivity contribution in [1.29, 1.82) is 0 Å². The molecule has 124 valence electrons. The molecule has 7 heteroatoms. The van der Waals surface area contributed by atoms with Crippen LogP contribution in [0, 0.1) is 0 Å². The molecule has 3 rings (SSSR count). The summed E-state index contributed by atoms with van der Waals surface area (Å²) in [6.45, 7) is 1.74. The van der Waals surface area contributed by atoms with Gasteiger partial charge in [-0.2, -0.15) is 8.42 Å². The highest BCUT2D eigenvalue weighted by Gasteiger charge is 2.31. The Balaban J connectivity index is 2.01. The van der Waals surface area contributed by atoms with Crippen LogP contribution in [-0.4, -0.2) is 20.5 Å². The largest absolute Gasteiger partial charge is 0.339 e. The molecule has 0 atom stereocenters. The van der Waals surface area contributed by atoms with E-state index in [9.17, 15) is 8.42 Å². The van der Waals surface area contributed by atoms with Gasteiger partial charge < -0.3 is 5.32 Å². The second-order valence-corrected chi connectivity index (χ2v) is 8.09. The fraction of sp³-hybridized carbons (Fsp3) is 0.118. The standard InChI is InChI=1S/C17H15ClN2O2S2/c1-11-16(12-5-3-6-13(18)9-12)24(21,22)20-17(11)19-14-7-4-8-15(10-14)23-2/h3-10H,1-2H3,(H,19,20). The number of hydrogen-bond donors (Lipinski definition) is 1. The lowest BCUT2D eigenvalue weighted by molar-refractivity contribution is 0.608. The Labute approximate surface area is 150 Å². The first-order chi connectivity index (χ1) is 11.4. The number of sulfonamides is 1. The van der Waals surface area contributed by atoms with Crippen LogP contribution in [0.25, 0.3) is 4.91 Å². The van der Waals surface area contributed by atoms with Crippen molar-refractivity contribution in [2.45, 2.75) is 11.8 Å². The zero-order valence-electron chi connectivity index (χ0n) is 13.1. The summed E-state index contributed by atoms with van der Waals surface area (Å²) in [4.78, 5) is 1.27. The Bertz CT molecular complexity index is 966. The van der Waals surface area contributed by atoms with Crippen LogP contribution < -0.4 is 5.32 Å². The summed E-state index contributed by atoms with van der Waals surface area (Å²) in [6, 6.07) is 14.5. The van der Waals surface area contributed by atoms with Gasteiger partial charge in [-0.25, -0.2) is 0 Å². The molecular formula is C17H15ClN2O2S2. The summed E-state index contributed by atoms with van der Waals surface area (Å²) in [7, 11) is -3.75. The third-order valence-corrected chi connectivity index (χ3v) is 6.03. The summed E-state index contributed by atoms with van der Waals surface area (Å²) < 4.78 is 28.8. The van der Waals surface area contributed by atoms with Crippen LogP contribution in [0.4, 0.5) is 5.69 Å². The van der Waals surface area contributed by atoms with E-state index in [1.54, 1.807) is 43.0 Å². The van der Waals surface area contributed by atoms with Crippen molar-refractivity contribution in [3.63, 3.8) is 0 Å². The van der Waals surface area contributed by atoms with Crippen LogP contribution in [0.15, 0.2) is 63.4 Å². The van der Waals surface area contributed by atoms with E-state index in [1.165, 1.54) is 0 Å². The van der Waals surface area contributed by atoms with Gasteiger partial charge >= 0.3 is 0 Å². The van der Waals surface area contributed by atoms with Crippen molar-refractivity contribution in [2.75, 3.05) is 11.6 Å². The average Bonchev–Trinajstić information content (AvgIpc) is 2.76. The molecule has 1 N–H and O–H groups in total. The molecule has 2 aromatic carbocycles. The van der Waals surface area contributed by atoms with Crippen LogP contribution >= 0.6 is 23.4 Å². The van der Waals surface area contributed by atoms with Gasteiger partial charge in [-0.1, -0.05) is 29.8 Å². The van der Waals surface area contributed by atoms with E-state index in [-0.39, 0.29) is 4.91 Å². The van der Waals surface area contributed by atoms with Gasteiger partial charge in [0.05, 0.1) is 0 Å². The minimum atomic E-state index is -3.75. The molecule has 0 spiro atoms. The van der Waals surface area contributed by atoms with Crippen LogP contribution in [0.5, 0.6) is 0 Å². The van der Waals surface area contributed by atoms with Crippen molar-refractivity contribution in [3.8, 4) is 0 Å². The number of rotatable bonds is 3. The number of amidine groups is 1. The van der Waals surface area contributed by atoms with Gasteiger partial charge in [0.25, 0.3) is 10.0 Å². The highest BCUT2D eigenvalue weighted by atomic mass is 35.5. The van der Waals surface area contributed by atoms with E-state index in [0.29, 0.717) is 22.0 Å². The van der Waals surface area contributed by atoms with Crippen molar-refractivity contribution < 1.29 is 8.42 Å². The van der Waals surface area contributed by atoms with Crippen molar-refractivity contribution in [2.24, 2.45) is 4.40 Å². The second-order valence-electron chi connectivity index (χ2n) is 5.24. The monoisotopic (exact) mass is 378 g/mol. The Hall–Kier alpha value is -1.76. The third kappa shape index (κ3) is 3.36. The van der Waals surface area contributed by atoms with Gasteiger partial charge in [0, 0.05) is 21.2 Å². The number of hydrogen-bond acceptors (Lipinski definition) is 4. The highest BCUT2D eigenvalue weighted by Crippen LogP contribution is 2.34. The molecule has 0 aromatic heterocycles. The molecule has 2 aromatic rings. The fourth-order valence-electron chi connectivity index (χ4n) is 2.48. The van der Waals surface area contributed by atoms with Gasteiger partial charge in [-0.05, 0) is 49.1 Å². The minimum absolute atomic E-state index is 0.188. The van der Waals surface area contributed by atoms with E-state index < -0.39 is 10.0 Å². The highest BCUT2D eigenvalue weighted by molar-refractivity contribution is 8.00. The summed E-state index contributed by atoms with van der Waals surface area (Å²) >= 11 is 7.61. The van der Waals surface area contributed by atoms with E-state index in [2.05, 4.69) is 9.71 Å². The maximum atomic E-state index is 12.5. The molecule has 0 unspecified atom stereocenters. The first-order valence-corrected chi connectivity index (χ1v) is 10.2. The summed E-state index contributed by atoms with van der Waals surface area (Å²) in [5, 5.41) is 3.59. The van der Waals surface area contributed by atoms with Crippen LogP contribution in [-0.2, 0) is 10.0 Å². The predicted molar refractivity (Wildman–Crippen MR) is 102 cm³/mol. The molecule has 1 aliphatic rings. The van der Waals surface area contributed by atoms with Crippen molar-refractivity contribution in [3.05, 3.63) is 64.7 Å². The molecule has 1 heterocycles. The lowest BCUT2D eigenvalue weighted by Gasteiger charge is -2.08. The van der Waals surface area contributed by atoms with Gasteiger partial charge in [0.1, 0.15) is 10.7 Å². The number of nitrogens with zero attached hydrogens (tertiary/aromatic N) is 1. The summed E-state index contributed by atoms with van der Waals surface area (Å²) in [6.07, 6.45) is 1.99. The predicted octanol–water partition coefficient (Wildman–Crippen LogP) is 4.65. The first kappa shape index (κ1) is 17.1. The summed E-state index contributed by atoms with van der Waals surface area (Å²) in [5.41, 5.74) is 1.91. The van der Waals surface area contributed by atoms with E-state index in [4.69, 9.17) is 11.6 Å². The van der Waals surface area contributed by atoms with Crippen molar-refractivity contribution in [1.82, 2.24) is 0 Å². The molecule has 0 fully saturated rings. The summed E-state index contributed by atoms with van der Waals surface area (Å²) in [5.74, 6) is 0.336. The Morgan fingerprint density at radius 1 is 1.12 bits per heavy atom. The molecule has 0 aliphatic carbocycles. The van der Waals surface area contributed by atoms with Crippen LogP contribution in [0.2, 0.25) is 5.02 Å². The van der Waals surface area contributed by atoms with E-state index in [0.717, 1.165) is 10.6 Å². The van der Waals surface area contributed by atoms with Crippen LogP contribution in [0.1, 0.15) is 12.5 Å². The normalized spacial score (nSPS) is 16.2. The molecule has 0 bridgehead atoms. The maximum absolute atomic E-state index is 12.5. The third-order valence-electron chi connectivity index (χ3n) is 3.58. The van der Waals surface area contributed by atoms with Crippen LogP contribution in [0.3, 0.4) is 0 Å². The number of thioether (sulfide) groups is 1. The van der Waals surface area contributed by atoms with Gasteiger partial charge in [-0.3, -0.25) is 0 Å². The SMILES string of the molecule is CSc1cccc(NC2=NS(=O)(=O)C(c3cccc(Cl)c3)=C2C)c1. The molecule has 0 saturated heterocycles. The lowest BCUT2D eigenvalue weighted by Crippen LogP contribution is -2.11. The maximum Gasteiger partial charge on any atom is 0.285 e. The van der Waals surface area contributed by atoms with E-state index >= 15 is 0 Å². The lowest BCUT2D eigenvalue weighted by atomic mass is 10.1. The number of benzene rings is 2. The van der Waals surface area contributed by atoms with Gasteiger partial charge in [-0.15, -0.1) is 16.2 Å². The number of nitrogens with one attached hydrogen (secondary N) is 1. The fourth-order valence-corrected chi connectivity index (χ4v) is 4.56. The molecule has 24 heavy (non-hydrogen) atoms. The Morgan fingerprint density at radius 3 is 2.58 bits per heavy atom. The Kier molecular flexibility index (Phi) is 4.71. The van der Waals surface area contributed by atoms with Crippen molar-refractivity contribution >= 4 is 49.8 Å².